The molecular formula is C16H17N5O2S. The third-order valence-electron chi connectivity index (χ3n) is 4.49. The first-order valence-electron chi connectivity index (χ1n) is 7.56. The zero-order valence-corrected chi connectivity index (χ0v) is 14.4. The highest BCUT2D eigenvalue weighted by atomic mass is 32.2. The maximum Gasteiger partial charge on any atom is 0.328 e. The Kier molecular flexibility index (Phi) is 3.31. The van der Waals surface area contributed by atoms with E-state index in [1.54, 1.807) is 45.9 Å². The maximum absolute atomic E-state index is 12.1. The van der Waals surface area contributed by atoms with E-state index in [9.17, 15) is 9.59 Å². The van der Waals surface area contributed by atoms with E-state index >= 15 is 0 Å². The SMILES string of the molecule is Cn1ncc2c1NC(=O)CS[C@@H]2c1ccc2c(c1)n(C)c(=O)n2C. The van der Waals surface area contributed by atoms with Gasteiger partial charge in [0.2, 0.25) is 5.91 Å². The van der Waals surface area contributed by atoms with Gasteiger partial charge in [-0.15, -0.1) is 11.8 Å². The fraction of sp³-hybridized carbons (Fsp3) is 0.312. The summed E-state index contributed by atoms with van der Waals surface area (Å²) in [6, 6.07) is 6.01. The number of carbonyl (C=O) groups excluding carboxylic acids is 1. The second-order valence-electron chi connectivity index (χ2n) is 5.96. The summed E-state index contributed by atoms with van der Waals surface area (Å²) in [6.07, 6.45) is 1.80. The molecule has 1 amide bonds. The number of rotatable bonds is 1. The predicted molar refractivity (Wildman–Crippen MR) is 94.3 cm³/mol. The third kappa shape index (κ3) is 2.10. The molecule has 0 bridgehead atoms. The molecule has 0 radical (unpaired) electrons. The van der Waals surface area contributed by atoms with Crippen LogP contribution < -0.4 is 11.0 Å². The number of benzene rings is 1. The van der Waals surface area contributed by atoms with Crippen LogP contribution in [0.4, 0.5) is 5.82 Å². The van der Waals surface area contributed by atoms with Crippen LogP contribution in [0.1, 0.15) is 16.4 Å². The molecular weight excluding hydrogens is 326 g/mol. The molecule has 4 rings (SSSR count). The van der Waals surface area contributed by atoms with Gasteiger partial charge in [0.05, 0.1) is 28.2 Å². The number of aryl methyl sites for hydroxylation is 3. The molecule has 0 fully saturated rings. The normalized spacial score (nSPS) is 17.6. The number of hydrogen-bond donors (Lipinski definition) is 1. The van der Waals surface area contributed by atoms with Crippen LogP contribution in [-0.2, 0) is 25.9 Å². The zero-order chi connectivity index (χ0) is 17.0. The lowest BCUT2D eigenvalue weighted by Crippen LogP contribution is -2.19. The van der Waals surface area contributed by atoms with Crippen LogP contribution in [0.15, 0.2) is 29.2 Å². The van der Waals surface area contributed by atoms with E-state index in [1.807, 2.05) is 25.2 Å². The molecule has 8 heteroatoms. The molecule has 2 aromatic heterocycles. The van der Waals surface area contributed by atoms with Crippen molar-refractivity contribution in [3.63, 3.8) is 0 Å². The summed E-state index contributed by atoms with van der Waals surface area (Å²) in [7, 11) is 5.36. The standard InChI is InChI=1S/C16H17N5O2S/c1-19-11-5-4-9(6-12(11)20(2)16(19)23)14-10-7-17-21(3)15(10)18-13(22)8-24-14/h4-7,14H,8H2,1-3H3,(H,18,22)/t14-/m1/s1. The lowest BCUT2D eigenvalue weighted by atomic mass is 10.1. The summed E-state index contributed by atoms with van der Waals surface area (Å²) in [4.78, 5) is 24.1. The molecule has 1 aromatic carbocycles. The molecule has 0 aliphatic carbocycles. The van der Waals surface area contributed by atoms with Gasteiger partial charge in [-0.1, -0.05) is 6.07 Å². The van der Waals surface area contributed by atoms with E-state index in [4.69, 9.17) is 0 Å². The molecule has 1 aliphatic heterocycles. The molecule has 3 aromatic rings. The average Bonchev–Trinajstić information content (AvgIpc) is 2.95. The minimum Gasteiger partial charge on any atom is -0.310 e. The molecule has 0 saturated heterocycles. The van der Waals surface area contributed by atoms with Gasteiger partial charge in [0.15, 0.2) is 0 Å². The highest BCUT2D eigenvalue weighted by molar-refractivity contribution is 8.00. The maximum atomic E-state index is 12.1. The van der Waals surface area contributed by atoms with Crippen LogP contribution in [-0.4, -0.2) is 30.6 Å². The van der Waals surface area contributed by atoms with Crippen LogP contribution in [0, 0.1) is 0 Å². The topological polar surface area (TPSA) is 73.8 Å². The number of hydrogen-bond acceptors (Lipinski definition) is 4. The van der Waals surface area contributed by atoms with Gasteiger partial charge in [0, 0.05) is 26.7 Å². The molecule has 124 valence electrons. The Labute approximate surface area is 142 Å². The first-order chi connectivity index (χ1) is 11.5. The lowest BCUT2D eigenvalue weighted by molar-refractivity contribution is -0.113. The second kappa shape index (κ2) is 5.27. The molecule has 1 aliphatic rings. The Bertz CT molecular complexity index is 1030. The average molecular weight is 343 g/mol. The fourth-order valence-corrected chi connectivity index (χ4v) is 4.26. The first-order valence-corrected chi connectivity index (χ1v) is 8.61. The van der Waals surface area contributed by atoms with Gasteiger partial charge in [0.1, 0.15) is 5.82 Å². The highest BCUT2D eigenvalue weighted by Gasteiger charge is 2.27. The summed E-state index contributed by atoms with van der Waals surface area (Å²) < 4.78 is 4.97. The molecule has 1 atom stereocenters. The smallest absolute Gasteiger partial charge is 0.310 e. The van der Waals surface area contributed by atoms with Gasteiger partial charge in [-0.2, -0.15) is 5.10 Å². The Balaban J connectivity index is 1.89. The Morgan fingerprint density at radius 1 is 1.17 bits per heavy atom. The number of nitrogens with one attached hydrogen (secondary N) is 1. The number of aromatic nitrogens is 4. The largest absolute Gasteiger partial charge is 0.328 e. The molecule has 1 N–H and O–H groups in total. The predicted octanol–water partition coefficient (Wildman–Crippen LogP) is 1.39. The quantitative estimate of drug-likeness (QED) is 0.724. The van der Waals surface area contributed by atoms with E-state index in [1.165, 1.54) is 0 Å². The van der Waals surface area contributed by atoms with E-state index in [0.29, 0.717) is 5.75 Å². The molecule has 3 heterocycles. The van der Waals surface area contributed by atoms with Gasteiger partial charge >= 0.3 is 5.69 Å². The molecule has 0 unspecified atom stereocenters. The van der Waals surface area contributed by atoms with Crippen LogP contribution in [0.2, 0.25) is 0 Å². The van der Waals surface area contributed by atoms with Crippen molar-refractivity contribution in [1.29, 1.82) is 0 Å². The Hall–Kier alpha value is -2.48. The van der Waals surface area contributed by atoms with Crippen molar-refractivity contribution < 1.29 is 4.79 Å². The van der Waals surface area contributed by atoms with Crippen molar-refractivity contribution >= 4 is 34.5 Å². The van der Waals surface area contributed by atoms with Gasteiger partial charge in [-0.25, -0.2) is 4.79 Å². The molecule has 0 spiro atoms. The van der Waals surface area contributed by atoms with Crippen LogP contribution in [0.5, 0.6) is 0 Å². The summed E-state index contributed by atoms with van der Waals surface area (Å²) in [5, 5.41) is 7.18. The van der Waals surface area contributed by atoms with Crippen molar-refractivity contribution in [2.45, 2.75) is 5.25 Å². The Morgan fingerprint density at radius 2 is 1.92 bits per heavy atom. The van der Waals surface area contributed by atoms with Crippen LogP contribution in [0.25, 0.3) is 11.0 Å². The molecule has 7 nitrogen and oxygen atoms in total. The monoisotopic (exact) mass is 343 g/mol. The van der Waals surface area contributed by atoms with E-state index in [-0.39, 0.29) is 16.8 Å². The van der Waals surface area contributed by atoms with Crippen molar-refractivity contribution in [3.05, 3.63) is 46.0 Å². The number of anilines is 1. The summed E-state index contributed by atoms with van der Waals surface area (Å²) in [5.41, 5.74) is 3.77. The highest BCUT2D eigenvalue weighted by Crippen LogP contribution is 2.41. The number of fused-ring (bicyclic) bond motifs is 2. The van der Waals surface area contributed by atoms with Gasteiger partial charge in [0.25, 0.3) is 0 Å². The summed E-state index contributed by atoms with van der Waals surface area (Å²) in [6.45, 7) is 0. The summed E-state index contributed by atoms with van der Waals surface area (Å²) in [5.74, 6) is 1.09. The van der Waals surface area contributed by atoms with Gasteiger partial charge < -0.3 is 5.32 Å². The minimum atomic E-state index is -0.0467. The van der Waals surface area contributed by atoms with Crippen LogP contribution in [0.3, 0.4) is 0 Å². The molecule has 24 heavy (non-hydrogen) atoms. The fourth-order valence-electron chi connectivity index (χ4n) is 3.18. The number of nitrogens with zero attached hydrogens (tertiary/aromatic N) is 4. The van der Waals surface area contributed by atoms with Gasteiger partial charge in [-0.3, -0.25) is 18.6 Å². The Morgan fingerprint density at radius 3 is 2.71 bits per heavy atom. The van der Waals surface area contributed by atoms with Crippen LogP contribution >= 0.6 is 11.8 Å². The van der Waals surface area contributed by atoms with Gasteiger partial charge in [-0.05, 0) is 17.7 Å². The van der Waals surface area contributed by atoms with E-state index in [0.717, 1.165) is 28.0 Å². The molecule has 0 saturated carbocycles. The van der Waals surface area contributed by atoms with Crippen molar-refractivity contribution in [2.75, 3.05) is 11.1 Å². The number of imidazole rings is 1. The number of thioether (sulfide) groups is 1. The first kappa shape index (κ1) is 15.1. The number of amides is 1. The number of carbonyl (C=O) groups is 1. The van der Waals surface area contributed by atoms with E-state index in [2.05, 4.69) is 10.4 Å². The third-order valence-corrected chi connectivity index (χ3v) is 5.78. The summed E-state index contributed by atoms with van der Waals surface area (Å²) >= 11 is 1.57. The van der Waals surface area contributed by atoms with E-state index < -0.39 is 0 Å². The van der Waals surface area contributed by atoms with Crippen molar-refractivity contribution in [3.8, 4) is 0 Å². The lowest BCUT2D eigenvalue weighted by Gasteiger charge is -2.14. The van der Waals surface area contributed by atoms with Crippen molar-refractivity contribution in [2.24, 2.45) is 21.1 Å². The second-order valence-corrected chi connectivity index (χ2v) is 7.05. The zero-order valence-electron chi connectivity index (χ0n) is 13.6. The van der Waals surface area contributed by atoms with Crippen molar-refractivity contribution in [1.82, 2.24) is 18.9 Å². The minimum absolute atomic E-state index is 0.00708.